The van der Waals surface area contributed by atoms with Gasteiger partial charge in [0.05, 0.1) is 18.3 Å². The number of carbonyl (C=O) groups is 2. The molecule has 1 N–H and O–H groups in total. The summed E-state index contributed by atoms with van der Waals surface area (Å²) in [5.74, 6) is 2.15. The number of fused-ring (bicyclic) bond motifs is 5. The fourth-order valence-corrected chi connectivity index (χ4v) is 9.47. The molecule has 4 aliphatic carbocycles. The molecule has 5 fully saturated rings. The van der Waals surface area contributed by atoms with Crippen LogP contribution < -0.4 is 0 Å². The van der Waals surface area contributed by atoms with Gasteiger partial charge in [-0.25, -0.2) is 0 Å². The third-order valence-corrected chi connectivity index (χ3v) is 10.8. The smallest absolute Gasteiger partial charge is 0.137 e. The summed E-state index contributed by atoms with van der Waals surface area (Å²) in [4.78, 5) is 28.7. The third-order valence-electron chi connectivity index (χ3n) is 10.8. The SMILES string of the molecule is CC(=O)[C@H]1CCC2C3CC[C@H]4C[C@H](O)[C@@H](N5CCOC(C)(C)C5)C[C@]4(C)C3C(=O)C[C@@]21C. The van der Waals surface area contributed by atoms with E-state index in [-0.39, 0.29) is 46.2 Å². The van der Waals surface area contributed by atoms with E-state index in [4.69, 9.17) is 4.74 Å². The van der Waals surface area contributed by atoms with Gasteiger partial charge in [-0.15, -0.1) is 0 Å². The molecule has 5 heteroatoms. The Balaban J connectivity index is 1.44. The van der Waals surface area contributed by atoms with Crippen LogP contribution in [-0.2, 0) is 14.3 Å². The van der Waals surface area contributed by atoms with Crippen LogP contribution in [0.4, 0.5) is 0 Å². The van der Waals surface area contributed by atoms with Gasteiger partial charge in [0.25, 0.3) is 0 Å². The van der Waals surface area contributed by atoms with Gasteiger partial charge in [-0.05, 0) is 87.9 Å². The van der Waals surface area contributed by atoms with Crippen LogP contribution in [0.2, 0.25) is 0 Å². The van der Waals surface area contributed by atoms with Crippen molar-refractivity contribution in [3.8, 4) is 0 Å². The monoisotopic (exact) mass is 445 g/mol. The maximum atomic E-state index is 13.9. The molecule has 0 aromatic carbocycles. The normalized spacial score (nSPS) is 50.9. The number of aliphatic hydroxyl groups is 1. The summed E-state index contributed by atoms with van der Waals surface area (Å²) in [5.41, 5.74) is -0.393. The Kier molecular flexibility index (Phi) is 5.47. The van der Waals surface area contributed by atoms with Crippen LogP contribution >= 0.6 is 0 Å². The van der Waals surface area contributed by atoms with E-state index in [1.54, 1.807) is 6.92 Å². The summed E-state index contributed by atoms with van der Waals surface area (Å²) in [7, 11) is 0. The molecule has 1 aliphatic heterocycles. The van der Waals surface area contributed by atoms with Crippen LogP contribution in [0.5, 0.6) is 0 Å². The summed E-state index contributed by atoms with van der Waals surface area (Å²) in [6, 6.07) is 0.104. The highest BCUT2D eigenvalue weighted by Gasteiger charge is 2.64. The van der Waals surface area contributed by atoms with Gasteiger partial charge in [0.2, 0.25) is 0 Å². The van der Waals surface area contributed by atoms with Crippen molar-refractivity contribution >= 4 is 11.6 Å². The second kappa shape index (κ2) is 7.61. The number of hydrogen-bond acceptors (Lipinski definition) is 5. The van der Waals surface area contributed by atoms with Crippen LogP contribution in [0.25, 0.3) is 0 Å². The minimum absolute atomic E-state index is 0.0536. The summed E-state index contributed by atoms with van der Waals surface area (Å²) in [6.45, 7) is 13.0. The topological polar surface area (TPSA) is 66.8 Å². The second-order valence-corrected chi connectivity index (χ2v) is 13.1. The lowest BCUT2D eigenvalue weighted by Crippen LogP contribution is -2.64. The third kappa shape index (κ3) is 3.36. The average molecular weight is 446 g/mol. The van der Waals surface area contributed by atoms with Crippen molar-refractivity contribution in [1.29, 1.82) is 0 Å². The van der Waals surface area contributed by atoms with Gasteiger partial charge in [-0.2, -0.15) is 0 Å². The fraction of sp³-hybridized carbons (Fsp3) is 0.926. The number of morpholine rings is 1. The van der Waals surface area contributed by atoms with E-state index in [2.05, 4.69) is 32.6 Å². The molecule has 5 rings (SSSR count). The maximum absolute atomic E-state index is 13.9. The Hall–Kier alpha value is -0.780. The Morgan fingerprint density at radius 2 is 1.84 bits per heavy atom. The molecule has 0 amide bonds. The molecule has 0 aromatic rings. The van der Waals surface area contributed by atoms with E-state index in [1.807, 2.05) is 0 Å². The molecule has 5 nitrogen and oxygen atoms in total. The Bertz CT molecular complexity index is 795. The molecule has 5 aliphatic rings. The largest absolute Gasteiger partial charge is 0.391 e. The number of ketones is 2. The lowest BCUT2D eigenvalue weighted by Gasteiger charge is -2.62. The minimum atomic E-state index is -0.323. The molecule has 0 bridgehead atoms. The van der Waals surface area contributed by atoms with Crippen LogP contribution in [0.15, 0.2) is 0 Å². The van der Waals surface area contributed by atoms with E-state index in [9.17, 15) is 14.7 Å². The quantitative estimate of drug-likeness (QED) is 0.699. The second-order valence-electron chi connectivity index (χ2n) is 13.1. The van der Waals surface area contributed by atoms with Gasteiger partial charge in [0, 0.05) is 37.4 Å². The van der Waals surface area contributed by atoms with Crippen LogP contribution in [0.3, 0.4) is 0 Å². The molecule has 0 spiro atoms. The molecule has 32 heavy (non-hydrogen) atoms. The predicted octanol–water partition coefficient (Wildman–Crippen LogP) is 3.86. The lowest BCUT2D eigenvalue weighted by molar-refractivity contribution is -0.177. The summed E-state index contributed by atoms with van der Waals surface area (Å²) in [5, 5.41) is 11.2. The van der Waals surface area contributed by atoms with E-state index in [0.717, 1.165) is 51.6 Å². The van der Waals surface area contributed by atoms with E-state index < -0.39 is 0 Å². The van der Waals surface area contributed by atoms with Crippen molar-refractivity contribution in [2.45, 2.75) is 97.3 Å². The first kappa shape index (κ1) is 23.0. The first-order valence-electron chi connectivity index (χ1n) is 13.1. The molecule has 4 saturated carbocycles. The van der Waals surface area contributed by atoms with Gasteiger partial charge >= 0.3 is 0 Å². The van der Waals surface area contributed by atoms with Crippen LogP contribution in [0.1, 0.15) is 79.6 Å². The average Bonchev–Trinajstić information content (AvgIpc) is 3.03. The zero-order valence-electron chi connectivity index (χ0n) is 20.7. The fourth-order valence-electron chi connectivity index (χ4n) is 9.47. The molecular formula is C27H43NO4. The lowest BCUT2D eigenvalue weighted by atomic mass is 9.43. The minimum Gasteiger partial charge on any atom is -0.391 e. The van der Waals surface area contributed by atoms with E-state index in [0.29, 0.717) is 36.6 Å². The molecule has 1 saturated heterocycles. The molecular weight excluding hydrogens is 402 g/mol. The molecule has 0 aromatic heterocycles. The van der Waals surface area contributed by atoms with Gasteiger partial charge in [0.15, 0.2) is 0 Å². The Morgan fingerprint density at radius 3 is 2.53 bits per heavy atom. The highest BCUT2D eigenvalue weighted by atomic mass is 16.5. The molecule has 3 unspecified atom stereocenters. The molecule has 180 valence electrons. The van der Waals surface area contributed by atoms with E-state index in [1.165, 1.54) is 0 Å². The van der Waals surface area contributed by atoms with Gasteiger partial charge in [-0.3, -0.25) is 14.5 Å². The number of rotatable bonds is 2. The Morgan fingerprint density at radius 1 is 1.09 bits per heavy atom. The van der Waals surface area contributed by atoms with Gasteiger partial charge < -0.3 is 9.84 Å². The van der Waals surface area contributed by atoms with Crippen molar-refractivity contribution in [2.75, 3.05) is 19.7 Å². The number of nitrogens with zero attached hydrogens (tertiary/aromatic N) is 1. The Labute approximate surface area is 193 Å². The number of ether oxygens (including phenoxy) is 1. The first-order valence-corrected chi connectivity index (χ1v) is 13.1. The molecule has 0 radical (unpaired) electrons. The predicted molar refractivity (Wildman–Crippen MR) is 123 cm³/mol. The number of Topliss-reactive ketones (excluding diaryl/α,β-unsaturated/α-hetero) is 2. The highest BCUT2D eigenvalue weighted by molar-refractivity contribution is 5.87. The highest BCUT2D eigenvalue weighted by Crippen LogP contribution is 2.66. The van der Waals surface area contributed by atoms with Gasteiger partial charge in [0.1, 0.15) is 11.6 Å². The maximum Gasteiger partial charge on any atom is 0.137 e. The standard InChI is InChI=1S/C27H43NO4/c1-16(29)19-8-9-20-18-7-6-17-12-22(30)21(28-10-11-32-25(2,3)15-28)13-26(17,4)24(18)23(31)14-27(19,20)5/h17-22,24,30H,6-15H2,1-5H3/t17-,18?,19+,20?,21-,22-,24?,26-,27+/m0/s1. The van der Waals surface area contributed by atoms with Crippen molar-refractivity contribution in [2.24, 2.45) is 40.4 Å². The number of carbonyl (C=O) groups excluding carboxylic acids is 2. The zero-order chi connectivity index (χ0) is 23.1. The summed E-state index contributed by atoms with van der Waals surface area (Å²) in [6.07, 6.45) is 6.22. The summed E-state index contributed by atoms with van der Waals surface area (Å²) >= 11 is 0. The van der Waals surface area contributed by atoms with Crippen molar-refractivity contribution in [3.05, 3.63) is 0 Å². The number of aliphatic hydroxyl groups excluding tert-OH is 1. The number of hydrogen-bond donors (Lipinski definition) is 1. The van der Waals surface area contributed by atoms with Crippen molar-refractivity contribution < 1.29 is 19.4 Å². The summed E-state index contributed by atoms with van der Waals surface area (Å²) < 4.78 is 5.94. The first-order chi connectivity index (χ1) is 15.0. The van der Waals surface area contributed by atoms with Crippen molar-refractivity contribution in [3.63, 3.8) is 0 Å². The molecule has 1 heterocycles. The van der Waals surface area contributed by atoms with Crippen molar-refractivity contribution in [1.82, 2.24) is 4.90 Å². The zero-order valence-corrected chi connectivity index (χ0v) is 20.7. The van der Waals surface area contributed by atoms with E-state index >= 15 is 0 Å². The van der Waals surface area contributed by atoms with Gasteiger partial charge in [-0.1, -0.05) is 13.8 Å². The van der Waals surface area contributed by atoms with Crippen LogP contribution in [-0.4, -0.2) is 59.0 Å². The van der Waals surface area contributed by atoms with Crippen LogP contribution in [0, 0.1) is 40.4 Å². The molecule has 9 atom stereocenters.